The molecule has 138 valence electrons. The molecule has 0 atom stereocenters. The van der Waals surface area contributed by atoms with Gasteiger partial charge in [-0.2, -0.15) is 0 Å². The Kier molecular flexibility index (Phi) is 5.76. The molecule has 3 rings (SSSR count). The Bertz CT molecular complexity index is 941. The molecule has 0 aliphatic rings. The fourth-order valence-corrected chi connectivity index (χ4v) is 2.68. The first-order chi connectivity index (χ1) is 13.0. The maximum atomic E-state index is 12.9. The van der Waals surface area contributed by atoms with Crippen molar-refractivity contribution >= 4 is 17.4 Å². The number of hydrogen-bond acceptors (Lipinski definition) is 4. The van der Waals surface area contributed by atoms with Gasteiger partial charge in [0, 0.05) is 18.3 Å². The molecule has 0 bridgehead atoms. The molecule has 2 N–H and O–H groups in total. The minimum absolute atomic E-state index is 0.248. The molecule has 0 radical (unpaired) electrons. The van der Waals surface area contributed by atoms with Gasteiger partial charge in [0.25, 0.3) is 5.91 Å². The van der Waals surface area contributed by atoms with Gasteiger partial charge in [0.05, 0.1) is 0 Å². The lowest BCUT2D eigenvalue weighted by atomic mass is 10.1. The second kappa shape index (κ2) is 8.40. The highest BCUT2D eigenvalue weighted by molar-refractivity contribution is 6.03. The van der Waals surface area contributed by atoms with Crippen LogP contribution in [0.4, 0.5) is 15.9 Å². The van der Waals surface area contributed by atoms with Gasteiger partial charge in [0.1, 0.15) is 23.2 Å². The zero-order valence-electron chi connectivity index (χ0n) is 15.3. The Morgan fingerprint density at radius 3 is 2.56 bits per heavy atom. The summed E-state index contributed by atoms with van der Waals surface area (Å²) in [5.41, 5.74) is 3.11. The number of nitrogens with one attached hydrogen (secondary N) is 2. The van der Waals surface area contributed by atoms with Crippen molar-refractivity contribution in [2.45, 2.75) is 20.3 Å². The van der Waals surface area contributed by atoms with Crippen LogP contribution in [0.5, 0.6) is 0 Å². The molecule has 6 heteroatoms. The topological polar surface area (TPSA) is 66.9 Å². The predicted octanol–water partition coefficient (Wildman–Crippen LogP) is 4.14. The predicted molar refractivity (Wildman–Crippen MR) is 104 cm³/mol. The number of aryl methyl sites for hydroxylation is 2. The van der Waals surface area contributed by atoms with Gasteiger partial charge >= 0.3 is 0 Å². The third-order valence-corrected chi connectivity index (χ3v) is 3.98. The van der Waals surface area contributed by atoms with E-state index in [1.165, 1.54) is 12.1 Å². The van der Waals surface area contributed by atoms with E-state index in [0.717, 1.165) is 16.8 Å². The van der Waals surface area contributed by atoms with Gasteiger partial charge in [-0.3, -0.25) is 4.79 Å². The van der Waals surface area contributed by atoms with Crippen molar-refractivity contribution < 1.29 is 9.18 Å². The van der Waals surface area contributed by atoms with Crippen LogP contribution in [-0.2, 0) is 6.42 Å². The summed E-state index contributed by atoms with van der Waals surface area (Å²) in [6.07, 6.45) is 0.716. The van der Waals surface area contributed by atoms with Gasteiger partial charge in [-0.05, 0) is 55.7 Å². The number of hydrogen-bond donors (Lipinski definition) is 2. The zero-order chi connectivity index (χ0) is 19.2. The van der Waals surface area contributed by atoms with Crippen molar-refractivity contribution in [3.05, 3.63) is 83.1 Å². The molecule has 3 aromatic rings. The Labute approximate surface area is 157 Å². The van der Waals surface area contributed by atoms with Crippen LogP contribution in [0.3, 0.4) is 0 Å². The van der Waals surface area contributed by atoms with Gasteiger partial charge in [-0.15, -0.1) is 0 Å². The zero-order valence-corrected chi connectivity index (χ0v) is 15.3. The number of anilines is 2. The van der Waals surface area contributed by atoms with Crippen molar-refractivity contribution in [2.24, 2.45) is 0 Å². The molecule has 1 amide bonds. The average Bonchev–Trinajstić information content (AvgIpc) is 2.63. The van der Waals surface area contributed by atoms with E-state index in [2.05, 4.69) is 20.6 Å². The number of amides is 1. The first-order valence-electron chi connectivity index (χ1n) is 8.71. The second-order valence-electron chi connectivity index (χ2n) is 6.31. The molecular weight excluding hydrogens is 343 g/mol. The number of rotatable bonds is 6. The van der Waals surface area contributed by atoms with Gasteiger partial charge in [-0.1, -0.05) is 24.3 Å². The largest absolute Gasteiger partial charge is 0.370 e. The molecule has 5 nitrogen and oxygen atoms in total. The van der Waals surface area contributed by atoms with Crippen LogP contribution in [0, 0.1) is 19.7 Å². The lowest BCUT2D eigenvalue weighted by Crippen LogP contribution is -2.16. The minimum Gasteiger partial charge on any atom is -0.370 e. The summed E-state index contributed by atoms with van der Waals surface area (Å²) in [7, 11) is 0. The quantitative estimate of drug-likeness (QED) is 0.690. The van der Waals surface area contributed by atoms with Crippen LogP contribution in [0.1, 0.15) is 27.4 Å². The summed E-state index contributed by atoms with van der Waals surface area (Å²) < 4.78 is 12.9. The summed E-state index contributed by atoms with van der Waals surface area (Å²) in [6.45, 7) is 4.32. The van der Waals surface area contributed by atoms with Crippen LogP contribution < -0.4 is 10.6 Å². The fraction of sp³-hybridized carbons (Fsp3) is 0.190. The second-order valence-corrected chi connectivity index (χ2v) is 6.31. The van der Waals surface area contributed by atoms with Gasteiger partial charge in [0.15, 0.2) is 0 Å². The van der Waals surface area contributed by atoms with Crippen LogP contribution in [0.25, 0.3) is 0 Å². The van der Waals surface area contributed by atoms with Crippen molar-refractivity contribution in [1.29, 1.82) is 0 Å². The van der Waals surface area contributed by atoms with E-state index in [4.69, 9.17) is 0 Å². The molecule has 1 heterocycles. The molecular formula is C21H21FN4O. The molecule has 0 aliphatic heterocycles. The van der Waals surface area contributed by atoms with E-state index in [1.54, 1.807) is 25.1 Å². The van der Waals surface area contributed by atoms with E-state index in [0.29, 0.717) is 30.3 Å². The van der Waals surface area contributed by atoms with Gasteiger partial charge in [-0.25, -0.2) is 14.4 Å². The van der Waals surface area contributed by atoms with Crippen LogP contribution >= 0.6 is 0 Å². The van der Waals surface area contributed by atoms with Crippen LogP contribution in [-0.4, -0.2) is 22.4 Å². The molecule has 0 fully saturated rings. The van der Waals surface area contributed by atoms with E-state index < -0.39 is 0 Å². The highest BCUT2D eigenvalue weighted by atomic mass is 19.1. The highest BCUT2D eigenvalue weighted by Crippen LogP contribution is 2.13. The normalized spacial score (nSPS) is 10.5. The van der Waals surface area contributed by atoms with Crippen molar-refractivity contribution in [1.82, 2.24) is 9.97 Å². The molecule has 0 spiro atoms. The van der Waals surface area contributed by atoms with E-state index in [-0.39, 0.29) is 11.7 Å². The lowest BCUT2D eigenvalue weighted by Gasteiger charge is -2.10. The maximum absolute atomic E-state index is 12.9. The van der Waals surface area contributed by atoms with Crippen LogP contribution in [0.2, 0.25) is 0 Å². The molecule has 0 aliphatic carbocycles. The molecule has 27 heavy (non-hydrogen) atoms. The monoisotopic (exact) mass is 364 g/mol. The number of halogens is 1. The van der Waals surface area contributed by atoms with E-state index >= 15 is 0 Å². The number of benzene rings is 2. The van der Waals surface area contributed by atoms with Crippen LogP contribution in [0.15, 0.2) is 54.6 Å². The molecule has 0 saturated heterocycles. The molecule has 0 saturated carbocycles. The minimum atomic E-state index is -0.285. The van der Waals surface area contributed by atoms with E-state index in [1.807, 2.05) is 31.2 Å². The molecule has 0 unspecified atom stereocenters. The number of carbonyl (C=O) groups is 1. The summed E-state index contributed by atoms with van der Waals surface area (Å²) >= 11 is 0. The van der Waals surface area contributed by atoms with Crippen molar-refractivity contribution in [2.75, 3.05) is 17.2 Å². The maximum Gasteiger partial charge on any atom is 0.274 e. The average molecular weight is 364 g/mol. The Balaban J connectivity index is 1.64. The van der Waals surface area contributed by atoms with E-state index in [9.17, 15) is 9.18 Å². The first kappa shape index (κ1) is 18.5. The number of carbonyl (C=O) groups excluding carboxylic acids is 1. The number of nitrogens with zero attached hydrogens (tertiary/aromatic N) is 2. The first-order valence-corrected chi connectivity index (χ1v) is 8.71. The smallest absolute Gasteiger partial charge is 0.274 e. The molecule has 2 aromatic carbocycles. The lowest BCUT2D eigenvalue weighted by molar-refractivity contribution is 0.102. The van der Waals surface area contributed by atoms with Crippen molar-refractivity contribution in [3.63, 3.8) is 0 Å². The highest BCUT2D eigenvalue weighted by Gasteiger charge is 2.11. The summed E-state index contributed by atoms with van der Waals surface area (Å²) in [6, 6.07) is 15.6. The third-order valence-electron chi connectivity index (χ3n) is 3.98. The van der Waals surface area contributed by atoms with Gasteiger partial charge in [0.2, 0.25) is 0 Å². The fourth-order valence-electron chi connectivity index (χ4n) is 2.68. The van der Waals surface area contributed by atoms with Gasteiger partial charge < -0.3 is 10.6 Å². The SMILES string of the molecule is Cc1cccc(NC(=O)c2cc(NCCc3ccc(F)cc3)nc(C)n2)c1. The summed E-state index contributed by atoms with van der Waals surface area (Å²) in [5, 5.41) is 6.04. The number of aromatic nitrogens is 2. The Morgan fingerprint density at radius 2 is 1.81 bits per heavy atom. The Hall–Kier alpha value is -3.28. The molecule has 1 aromatic heterocycles. The van der Waals surface area contributed by atoms with Crippen molar-refractivity contribution in [3.8, 4) is 0 Å². The Morgan fingerprint density at radius 1 is 1.04 bits per heavy atom. The summed E-state index contributed by atoms with van der Waals surface area (Å²) in [4.78, 5) is 21.0. The summed E-state index contributed by atoms with van der Waals surface area (Å²) in [5.74, 6) is 0.560. The third kappa shape index (κ3) is 5.34. The standard InChI is InChI=1S/C21H21FN4O/c1-14-4-3-5-18(12-14)26-21(27)19-13-20(25-15(2)24-19)23-11-10-16-6-8-17(22)9-7-16/h3-9,12-13H,10-11H2,1-2H3,(H,26,27)(H,23,24,25).